The average Bonchev–Trinajstić information content (AvgIpc) is 2.55. The number of halogens is 1. The van der Waals surface area contributed by atoms with E-state index in [0.29, 0.717) is 17.1 Å². The summed E-state index contributed by atoms with van der Waals surface area (Å²) < 4.78 is 11.3. The van der Waals surface area contributed by atoms with Crippen LogP contribution in [0.25, 0.3) is 0 Å². The van der Waals surface area contributed by atoms with Crippen LogP contribution in [0.3, 0.4) is 0 Å². The number of carbonyl (C=O) groups excluding carboxylic acids is 1. The Kier molecular flexibility index (Phi) is 5.55. The molecule has 1 amide bonds. The van der Waals surface area contributed by atoms with Gasteiger partial charge in [0.05, 0.1) is 20.4 Å². The normalized spacial score (nSPS) is 10.5. The lowest BCUT2D eigenvalue weighted by molar-refractivity contribution is 0.0955. The van der Waals surface area contributed by atoms with E-state index in [2.05, 4.69) is 26.5 Å². The van der Waals surface area contributed by atoms with Gasteiger partial charge in [-0.2, -0.15) is 5.10 Å². The Morgan fingerprint density at radius 2 is 1.77 bits per heavy atom. The lowest BCUT2D eigenvalue weighted by Gasteiger charge is -2.07. The number of nitrogens with zero attached hydrogens (tertiary/aromatic N) is 1. The van der Waals surface area contributed by atoms with Crippen molar-refractivity contribution in [2.45, 2.75) is 0 Å². The summed E-state index contributed by atoms with van der Waals surface area (Å²) in [4.78, 5) is 11.9. The molecule has 0 saturated carbocycles. The summed E-state index contributed by atoms with van der Waals surface area (Å²) in [6.07, 6.45) is 1.54. The topological polar surface area (TPSA) is 59.9 Å². The van der Waals surface area contributed by atoms with E-state index in [1.165, 1.54) is 0 Å². The Bertz CT molecular complexity index is 684. The number of amides is 1. The van der Waals surface area contributed by atoms with E-state index in [4.69, 9.17) is 9.47 Å². The van der Waals surface area contributed by atoms with Gasteiger partial charge in [0.1, 0.15) is 0 Å². The predicted molar refractivity (Wildman–Crippen MR) is 88.7 cm³/mol. The fourth-order valence-corrected chi connectivity index (χ4v) is 2.03. The van der Waals surface area contributed by atoms with Crippen molar-refractivity contribution in [2.75, 3.05) is 14.2 Å². The molecule has 2 aromatic rings. The van der Waals surface area contributed by atoms with Gasteiger partial charge in [-0.25, -0.2) is 5.43 Å². The highest BCUT2D eigenvalue weighted by atomic mass is 79.9. The van der Waals surface area contributed by atoms with Gasteiger partial charge in [-0.3, -0.25) is 4.79 Å². The maximum Gasteiger partial charge on any atom is 0.271 e. The first-order chi connectivity index (χ1) is 10.6. The molecule has 1 N–H and O–H groups in total. The number of benzene rings is 2. The number of rotatable bonds is 5. The molecule has 114 valence electrons. The van der Waals surface area contributed by atoms with Crippen LogP contribution in [0.5, 0.6) is 11.5 Å². The minimum Gasteiger partial charge on any atom is -0.493 e. The fraction of sp³-hybridized carbons (Fsp3) is 0.125. The Morgan fingerprint density at radius 1 is 1.09 bits per heavy atom. The van der Waals surface area contributed by atoms with Gasteiger partial charge in [0, 0.05) is 10.0 Å². The molecule has 2 rings (SSSR count). The zero-order valence-corrected chi connectivity index (χ0v) is 13.8. The number of hydrogen-bond donors (Lipinski definition) is 1. The number of hydrazone groups is 1. The number of carbonyl (C=O) groups is 1. The Labute approximate surface area is 137 Å². The molecule has 0 bridgehead atoms. The second-order valence-corrected chi connectivity index (χ2v) is 5.24. The summed E-state index contributed by atoms with van der Waals surface area (Å²) in [5, 5.41) is 3.94. The monoisotopic (exact) mass is 362 g/mol. The van der Waals surface area contributed by atoms with E-state index in [0.717, 1.165) is 10.0 Å². The predicted octanol–water partition coefficient (Wildman–Crippen LogP) is 3.23. The molecule has 5 nitrogen and oxygen atoms in total. The van der Waals surface area contributed by atoms with Crippen LogP contribution >= 0.6 is 15.9 Å². The van der Waals surface area contributed by atoms with Gasteiger partial charge in [0.25, 0.3) is 5.91 Å². The van der Waals surface area contributed by atoms with Crippen LogP contribution in [0.15, 0.2) is 52.0 Å². The van der Waals surface area contributed by atoms with E-state index >= 15 is 0 Å². The first-order valence-corrected chi connectivity index (χ1v) is 7.24. The third-order valence-electron chi connectivity index (χ3n) is 2.89. The van der Waals surface area contributed by atoms with Crippen molar-refractivity contribution >= 4 is 28.1 Å². The molecule has 0 unspecified atom stereocenters. The van der Waals surface area contributed by atoms with Gasteiger partial charge in [-0.15, -0.1) is 0 Å². The molecular formula is C16H15BrN2O3. The molecule has 0 atom stereocenters. The van der Waals surface area contributed by atoms with Crippen molar-refractivity contribution < 1.29 is 14.3 Å². The average molecular weight is 363 g/mol. The third kappa shape index (κ3) is 4.08. The van der Waals surface area contributed by atoms with Crippen LogP contribution < -0.4 is 14.9 Å². The summed E-state index contributed by atoms with van der Waals surface area (Å²) in [5.74, 6) is 0.966. The fourth-order valence-electron chi connectivity index (χ4n) is 1.76. The third-order valence-corrected chi connectivity index (χ3v) is 3.42. The zero-order valence-electron chi connectivity index (χ0n) is 12.2. The lowest BCUT2D eigenvalue weighted by Crippen LogP contribution is -2.17. The summed E-state index contributed by atoms with van der Waals surface area (Å²) in [6.45, 7) is 0. The highest BCUT2D eigenvalue weighted by Gasteiger charge is 2.04. The largest absolute Gasteiger partial charge is 0.493 e. The molecule has 0 aliphatic carbocycles. The molecule has 0 aliphatic rings. The van der Waals surface area contributed by atoms with Crippen molar-refractivity contribution in [3.05, 3.63) is 58.1 Å². The quantitative estimate of drug-likeness (QED) is 0.656. The molecule has 0 aromatic heterocycles. The van der Waals surface area contributed by atoms with Gasteiger partial charge < -0.3 is 9.47 Å². The Morgan fingerprint density at radius 3 is 2.41 bits per heavy atom. The van der Waals surface area contributed by atoms with Crippen LogP contribution in [-0.2, 0) is 0 Å². The van der Waals surface area contributed by atoms with Crippen molar-refractivity contribution in [1.29, 1.82) is 0 Å². The minimum absolute atomic E-state index is 0.274. The van der Waals surface area contributed by atoms with Crippen molar-refractivity contribution in [1.82, 2.24) is 5.43 Å². The Hall–Kier alpha value is -2.34. The van der Waals surface area contributed by atoms with Gasteiger partial charge in [-0.1, -0.05) is 15.9 Å². The molecule has 0 aliphatic heterocycles. The standard InChI is InChI=1S/C16H15BrN2O3/c1-21-14-8-3-11(9-15(14)22-2)10-18-19-16(20)12-4-6-13(17)7-5-12/h3-10H,1-2H3,(H,19,20)/b18-10+. The maximum atomic E-state index is 11.9. The second-order valence-electron chi connectivity index (χ2n) is 4.32. The number of hydrogen-bond acceptors (Lipinski definition) is 4. The highest BCUT2D eigenvalue weighted by Crippen LogP contribution is 2.26. The van der Waals surface area contributed by atoms with Crippen molar-refractivity contribution in [3.8, 4) is 11.5 Å². The molecule has 0 radical (unpaired) electrons. The first-order valence-electron chi connectivity index (χ1n) is 6.45. The van der Waals surface area contributed by atoms with E-state index < -0.39 is 0 Å². The molecular weight excluding hydrogens is 348 g/mol. The zero-order chi connectivity index (χ0) is 15.9. The summed E-state index contributed by atoms with van der Waals surface area (Å²) in [6, 6.07) is 12.4. The number of ether oxygens (including phenoxy) is 2. The van der Waals surface area contributed by atoms with E-state index in [1.807, 2.05) is 6.07 Å². The first kappa shape index (κ1) is 16.0. The van der Waals surface area contributed by atoms with Crippen LogP contribution in [0.4, 0.5) is 0 Å². The summed E-state index contributed by atoms with van der Waals surface area (Å²) in [5.41, 5.74) is 3.80. The van der Waals surface area contributed by atoms with Gasteiger partial charge in [0.2, 0.25) is 0 Å². The van der Waals surface area contributed by atoms with Gasteiger partial charge in [0.15, 0.2) is 11.5 Å². The highest BCUT2D eigenvalue weighted by molar-refractivity contribution is 9.10. The SMILES string of the molecule is COc1ccc(/C=N/NC(=O)c2ccc(Br)cc2)cc1OC. The molecule has 0 heterocycles. The van der Waals surface area contributed by atoms with Crippen molar-refractivity contribution in [2.24, 2.45) is 5.10 Å². The van der Waals surface area contributed by atoms with Crippen molar-refractivity contribution in [3.63, 3.8) is 0 Å². The molecule has 22 heavy (non-hydrogen) atoms. The molecule has 2 aromatic carbocycles. The number of nitrogens with one attached hydrogen (secondary N) is 1. The maximum absolute atomic E-state index is 11.9. The second kappa shape index (κ2) is 7.61. The number of methoxy groups -OCH3 is 2. The summed E-state index contributed by atoms with van der Waals surface area (Å²) in [7, 11) is 3.14. The van der Waals surface area contributed by atoms with E-state index in [9.17, 15) is 4.79 Å². The Balaban J connectivity index is 2.03. The van der Waals surface area contributed by atoms with Crippen LogP contribution in [-0.4, -0.2) is 26.3 Å². The molecule has 0 fully saturated rings. The van der Waals surface area contributed by atoms with E-state index in [-0.39, 0.29) is 5.91 Å². The molecule has 0 saturated heterocycles. The molecule has 6 heteroatoms. The lowest BCUT2D eigenvalue weighted by atomic mass is 10.2. The van der Waals surface area contributed by atoms with E-state index in [1.54, 1.807) is 56.8 Å². The minimum atomic E-state index is -0.274. The molecule has 0 spiro atoms. The van der Waals surface area contributed by atoms with Crippen LogP contribution in [0.2, 0.25) is 0 Å². The van der Waals surface area contributed by atoms with Crippen LogP contribution in [0.1, 0.15) is 15.9 Å². The van der Waals surface area contributed by atoms with Gasteiger partial charge in [-0.05, 0) is 48.0 Å². The summed E-state index contributed by atoms with van der Waals surface area (Å²) >= 11 is 3.32. The van der Waals surface area contributed by atoms with Crippen LogP contribution in [0, 0.1) is 0 Å². The van der Waals surface area contributed by atoms with Gasteiger partial charge >= 0.3 is 0 Å². The smallest absolute Gasteiger partial charge is 0.271 e.